The number of ether oxygens (including phenoxy) is 1. The van der Waals surface area contributed by atoms with Crippen molar-refractivity contribution in [1.29, 1.82) is 0 Å². The lowest BCUT2D eigenvalue weighted by atomic mass is 9.77. The second-order valence-corrected chi connectivity index (χ2v) is 8.92. The molecule has 0 aromatic heterocycles. The van der Waals surface area contributed by atoms with Crippen molar-refractivity contribution < 1.29 is 13.9 Å². The quantitative estimate of drug-likeness (QED) is 0.275. The van der Waals surface area contributed by atoms with Crippen molar-refractivity contribution in [3.63, 3.8) is 0 Å². The Morgan fingerprint density at radius 1 is 1.36 bits per heavy atom. The minimum absolute atomic E-state index is 0.0374. The Morgan fingerprint density at radius 2 is 2.04 bits per heavy atom. The average Bonchev–Trinajstić information content (AvgIpc) is 2.69. The highest BCUT2D eigenvalue weighted by Gasteiger charge is 2.30. The van der Waals surface area contributed by atoms with E-state index in [0.29, 0.717) is 26.0 Å². The highest BCUT2D eigenvalue weighted by atomic mass is 19.1. The number of hydrogen-bond donors (Lipinski definition) is 1. The van der Waals surface area contributed by atoms with Gasteiger partial charge in [0.25, 0.3) is 0 Å². The standard InChI is InChI=1S/C24H42FNO2/c1-7-20(8-2)15-24(6,9-3)16-28-23-14-22(25)21(13-19(23)5)18(4)11-10-12-26-17-27/h13,17-18,20,23H,7-12,14-16H2,1-6H3,(H,26,27). The summed E-state index contributed by atoms with van der Waals surface area (Å²) in [5, 5.41) is 2.67. The van der Waals surface area contributed by atoms with Gasteiger partial charge in [0.2, 0.25) is 6.41 Å². The van der Waals surface area contributed by atoms with Crippen LogP contribution in [0, 0.1) is 17.3 Å². The fourth-order valence-corrected chi connectivity index (χ4v) is 4.06. The number of hydrogen-bond acceptors (Lipinski definition) is 2. The topological polar surface area (TPSA) is 38.3 Å². The number of carbonyl (C=O) groups excluding carboxylic acids is 1. The maximum Gasteiger partial charge on any atom is 0.207 e. The third-order valence-corrected chi connectivity index (χ3v) is 6.56. The zero-order chi connectivity index (χ0) is 21.2. The second-order valence-electron chi connectivity index (χ2n) is 8.92. The minimum Gasteiger partial charge on any atom is -0.373 e. The van der Waals surface area contributed by atoms with Gasteiger partial charge in [-0.15, -0.1) is 0 Å². The van der Waals surface area contributed by atoms with Gasteiger partial charge in [-0.25, -0.2) is 4.39 Å². The van der Waals surface area contributed by atoms with Gasteiger partial charge >= 0.3 is 0 Å². The van der Waals surface area contributed by atoms with E-state index < -0.39 is 0 Å². The SMILES string of the molecule is CCC(CC)CC(C)(CC)COC1CC(F)=C(C(C)CCCNC=O)C=C1C. The number of halogens is 1. The summed E-state index contributed by atoms with van der Waals surface area (Å²) in [5.74, 6) is 0.846. The van der Waals surface area contributed by atoms with Crippen molar-refractivity contribution in [2.45, 2.75) is 92.6 Å². The molecule has 1 N–H and O–H groups in total. The molecular weight excluding hydrogens is 353 g/mol. The Balaban J connectivity index is 2.65. The van der Waals surface area contributed by atoms with Crippen LogP contribution in [0.1, 0.15) is 86.5 Å². The van der Waals surface area contributed by atoms with Gasteiger partial charge in [0.15, 0.2) is 0 Å². The van der Waals surface area contributed by atoms with Crippen LogP contribution < -0.4 is 5.32 Å². The molecule has 0 radical (unpaired) electrons. The van der Waals surface area contributed by atoms with Crippen LogP contribution in [-0.4, -0.2) is 25.7 Å². The van der Waals surface area contributed by atoms with Crippen LogP contribution in [0.15, 0.2) is 23.0 Å². The Hall–Kier alpha value is -1.16. The van der Waals surface area contributed by atoms with Crippen LogP contribution >= 0.6 is 0 Å². The number of nitrogens with one attached hydrogen (secondary N) is 1. The Kier molecular flexibility index (Phi) is 11.0. The molecule has 1 aliphatic rings. The van der Waals surface area contributed by atoms with Gasteiger partial charge < -0.3 is 10.1 Å². The Morgan fingerprint density at radius 3 is 2.61 bits per heavy atom. The maximum atomic E-state index is 14.8. The lowest BCUT2D eigenvalue weighted by Crippen LogP contribution is -2.30. The summed E-state index contributed by atoms with van der Waals surface area (Å²) in [6.45, 7) is 14.5. The molecule has 4 heteroatoms. The fourth-order valence-electron chi connectivity index (χ4n) is 4.06. The van der Waals surface area contributed by atoms with Crippen LogP contribution in [0.25, 0.3) is 0 Å². The molecule has 0 aromatic rings. The number of rotatable bonds is 14. The van der Waals surface area contributed by atoms with Crippen molar-refractivity contribution in [1.82, 2.24) is 5.32 Å². The summed E-state index contributed by atoms with van der Waals surface area (Å²) in [5.41, 5.74) is 2.07. The van der Waals surface area contributed by atoms with Gasteiger partial charge in [-0.3, -0.25) is 4.79 Å². The molecule has 0 bridgehead atoms. The van der Waals surface area contributed by atoms with Gasteiger partial charge in [0.1, 0.15) is 5.83 Å². The van der Waals surface area contributed by atoms with Crippen molar-refractivity contribution in [3.05, 3.63) is 23.0 Å². The maximum absolute atomic E-state index is 14.8. The molecule has 0 saturated heterocycles. The Bertz CT molecular complexity index is 539. The Labute approximate surface area is 172 Å². The van der Waals surface area contributed by atoms with E-state index in [1.165, 1.54) is 19.3 Å². The van der Waals surface area contributed by atoms with Gasteiger partial charge in [-0.2, -0.15) is 0 Å². The molecule has 1 amide bonds. The molecule has 0 spiro atoms. The van der Waals surface area contributed by atoms with Crippen molar-refractivity contribution in [3.8, 4) is 0 Å². The zero-order valence-corrected chi connectivity index (χ0v) is 18.9. The van der Waals surface area contributed by atoms with E-state index in [1.54, 1.807) is 0 Å². The van der Waals surface area contributed by atoms with Gasteiger partial charge in [-0.1, -0.05) is 53.5 Å². The number of amides is 1. The van der Waals surface area contributed by atoms with E-state index >= 15 is 0 Å². The third kappa shape index (κ3) is 7.69. The van der Waals surface area contributed by atoms with E-state index in [9.17, 15) is 9.18 Å². The summed E-state index contributed by atoms with van der Waals surface area (Å²) in [7, 11) is 0. The van der Waals surface area contributed by atoms with Crippen molar-refractivity contribution in [2.24, 2.45) is 17.3 Å². The van der Waals surface area contributed by atoms with Crippen molar-refractivity contribution >= 4 is 6.41 Å². The van der Waals surface area contributed by atoms with Crippen LogP contribution in [0.5, 0.6) is 0 Å². The molecule has 1 rings (SSSR count). The van der Waals surface area contributed by atoms with Crippen molar-refractivity contribution in [2.75, 3.05) is 13.2 Å². The first-order valence-corrected chi connectivity index (χ1v) is 11.2. The molecule has 0 heterocycles. The molecule has 0 aliphatic heterocycles. The summed E-state index contributed by atoms with van der Waals surface area (Å²) in [4.78, 5) is 10.3. The molecule has 1 aliphatic carbocycles. The summed E-state index contributed by atoms with van der Waals surface area (Å²) in [6.07, 6.45) is 9.27. The molecule has 3 atom stereocenters. The predicted molar refractivity (Wildman–Crippen MR) is 116 cm³/mol. The minimum atomic E-state index is -0.153. The molecular formula is C24H42FNO2. The summed E-state index contributed by atoms with van der Waals surface area (Å²) in [6, 6.07) is 0. The molecule has 0 saturated carbocycles. The largest absolute Gasteiger partial charge is 0.373 e. The molecule has 0 fully saturated rings. The number of carbonyl (C=O) groups is 1. The van der Waals surface area contributed by atoms with Crippen LogP contribution in [-0.2, 0) is 9.53 Å². The van der Waals surface area contributed by atoms with E-state index in [-0.39, 0.29) is 23.3 Å². The first-order chi connectivity index (χ1) is 13.3. The average molecular weight is 396 g/mol. The first kappa shape index (κ1) is 24.9. The van der Waals surface area contributed by atoms with Gasteiger partial charge in [0, 0.05) is 13.0 Å². The first-order valence-electron chi connectivity index (χ1n) is 11.2. The smallest absolute Gasteiger partial charge is 0.207 e. The summed E-state index contributed by atoms with van der Waals surface area (Å²) >= 11 is 0. The lowest BCUT2D eigenvalue weighted by molar-refractivity contribution is -0.109. The molecule has 162 valence electrons. The van der Waals surface area contributed by atoms with Gasteiger partial charge in [-0.05, 0) is 61.0 Å². The van der Waals surface area contributed by atoms with E-state index in [0.717, 1.165) is 36.3 Å². The van der Waals surface area contributed by atoms with Gasteiger partial charge in [0.05, 0.1) is 12.7 Å². The number of allylic oxidation sites excluding steroid dienone is 2. The summed E-state index contributed by atoms with van der Waals surface area (Å²) < 4.78 is 21.1. The molecule has 3 nitrogen and oxygen atoms in total. The second kappa shape index (κ2) is 12.4. The highest BCUT2D eigenvalue weighted by molar-refractivity contribution is 5.45. The predicted octanol–water partition coefficient (Wildman–Crippen LogP) is 6.35. The van der Waals surface area contributed by atoms with E-state index in [1.807, 2.05) is 6.08 Å². The van der Waals surface area contributed by atoms with Crippen LogP contribution in [0.3, 0.4) is 0 Å². The van der Waals surface area contributed by atoms with Crippen LogP contribution in [0.2, 0.25) is 0 Å². The molecule has 3 unspecified atom stereocenters. The fraction of sp³-hybridized carbons (Fsp3) is 0.792. The monoisotopic (exact) mass is 395 g/mol. The van der Waals surface area contributed by atoms with Crippen LogP contribution in [0.4, 0.5) is 4.39 Å². The molecule has 28 heavy (non-hydrogen) atoms. The zero-order valence-electron chi connectivity index (χ0n) is 18.9. The lowest BCUT2D eigenvalue weighted by Gasteiger charge is -2.34. The van der Waals surface area contributed by atoms with E-state index in [2.05, 4.69) is 46.9 Å². The third-order valence-electron chi connectivity index (χ3n) is 6.56. The highest BCUT2D eigenvalue weighted by Crippen LogP contribution is 2.36. The molecule has 0 aromatic carbocycles. The normalized spacial score (nSPS) is 20.7. The van der Waals surface area contributed by atoms with E-state index in [4.69, 9.17) is 4.74 Å².